The zero-order valence-corrected chi connectivity index (χ0v) is 10.4. The van der Waals surface area contributed by atoms with Crippen molar-refractivity contribution in [1.82, 2.24) is 10.2 Å². The van der Waals surface area contributed by atoms with Gasteiger partial charge in [0.2, 0.25) is 0 Å². The van der Waals surface area contributed by atoms with Crippen molar-refractivity contribution in [1.29, 1.82) is 0 Å². The van der Waals surface area contributed by atoms with Gasteiger partial charge in [-0.25, -0.2) is 0 Å². The van der Waals surface area contributed by atoms with E-state index >= 15 is 0 Å². The summed E-state index contributed by atoms with van der Waals surface area (Å²) in [7, 11) is 0. The van der Waals surface area contributed by atoms with E-state index in [1.54, 1.807) is 0 Å². The second kappa shape index (κ2) is 5.01. The zero-order chi connectivity index (χ0) is 13.1. The highest BCUT2D eigenvalue weighted by Gasteiger charge is 2.12. The van der Waals surface area contributed by atoms with Crippen molar-refractivity contribution in [2.24, 2.45) is 5.73 Å². The molecule has 0 radical (unpaired) electrons. The molecule has 4 N–H and O–H groups in total. The molecule has 18 heavy (non-hydrogen) atoms. The van der Waals surface area contributed by atoms with Gasteiger partial charge in [-0.15, -0.1) is 0 Å². The lowest BCUT2D eigenvalue weighted by atomic mass is 10.1. The first-order valence-corrected chi connectivity index (χ1v) is 5.72. The summed E-state index contributed by atoms with van der Waals surface area (Å²) in [5.74, 6) is -0.168. The molecule has 2 aromatic rings. The van der Waals surface area contributed by atoms with E-state index < -0.39 is 0 Å². The van der Waals surface area contributed by atoms with E-state index in [1.165, 1.54) is 6.20 Å². The smallest absolute Gasteiger partial charge is 0.259 e. The van der Waals surface area contributed by atoms with Crippen molar-refractivity contribution in [3.63, 3.8) is 0 Å². The third-order valence-electron chi connectivity index (χ3n) is 2.86. The van der Waals surface area contributed by atoms with Crippen LogP contribution < -0.4 is 11.1 Å². The number of nitrogens with one attached hydrogen (secondary N) is 2. The Bertz CT molecular complexity index is 574. The van der Waals surface area contributed by atoms with Crippen LogP contribution in [-0.2, 0) is 6.54 Å². The Kier molecular flexibility index (Phi) is 3.43. The summed E-state index contributed by atoms with van der Waals surface area (Å²) in [5, 5.41) is 9.45. The quantitative estimate of drug-likeness (QED) is 0.769. The molecule has 0 atom stereocenters. The molecular weight excluding hydrogens is 228 g/mol. The molecule has 0 fully saturated rings. The van der Waals surface area contributed by atoms with Crippen LogP contribution in [0, 0.1) is 13.8 Å². The van der Waals surface area contributed by atoms with Crippen molar-refractivity contribution in [3.8, 4) is 0 Å². The van der Waals surface area contributed by atoms with Crippen molar-refractivity contribution in [2.45, 2.75) is 20.4 Å². The second-order valence-corrected chi connectivity index (χ2v) is 4.22. The van der Waals surface area contributed by atoms with Gasteiger partial charge < -0.3 is 11.1 Å². The lowest BCUT2D eigenvalue weighted by Crippen LogP contribution is -2.13. The highest BCUT2D eigenvalue weighted by Crippen LogP contribution is 2.18. The molecule has 1 aromatic heterocycles. The maximum atomic E-state index is 12.0. The van der Waals surface area contributed by atoms with E-state index in [0.717, 1.165) is 22.5 Å². The van der Waals surface area contributed by atoms with Crippen LogP contribution in [0.5, 0.6) is 0 Å². The van der Waals surface area contributed by atoms with Crippen LogP contribution >= 0.6 is 0 Å². The van der Waals surface area contributed by atoms with Crippen molar-refractivity contribution < 1.29 is 4.79 Å². The zero-order valence-electron chi connectivity index (χ0n) is 10.4. The Morgan fingerprint density at radius 2 is 2.22 bits per heavy atom. The number of aromatic amines is 1. The molecule has 0 saturated carbocycles. The van der Waals surface area contributed by atoms with E-state index in [0.29, 0.717) is 12.1 Å². The SMILES string of the molecule is Cc1ccc(CN)cc1NC(=O)c1cn[nH]c1C. The average Bonchev–Trinajstić information content (AvgIpc) is 2.78. The first kappa shape index (κ1) is 12.3. The summed E-state index contributed by atoms with van der Waals surface area (Å²) in [6.07, 6.45) is 1.52. The first-order valence-electron chi connectivity index (χ1n) is 5.72. The summed E-state index contributed by atoms with van der Waals surface area (Å²) in [6, 6.07) is 5.79. The lowest BCUT2D eigenvalue weighted by molar-refractivity contribution is 0.102. The van der Waals surface area contributed by atoms with E-state index in [2.05, 4.69) is 15.5 Å². The fourth-order valence-electron chi connectivity index (χ4n) is 1.70. The van der Waals surface area contributed by atoms with Gasteiger partial charge in [-0.1, -0.05) is 12.1 Å². The molecule has 0 aliphatic heterocycles. The molecule has 1 heterocycles. The van der Waals surface area contributed by atoms with Gasteiger partial charge in [0, 0.05) is 17.9 Å². The minimum atomic E-state index is -0.168. The Labute approximate surface area is 105 Å². The van der Waals surface area contributed by atoms with Crippen LogP contribution in [0.3, 0.4) is 0 Å². The van der Waals surface area contributed by atoms with E-state index in [4.69, 9.17) is 5.73 Å². The molecule has 2 rings (SSSR count). The summed E-state index contributed by atoms with van der Waals surface area (Å²) in [5.41, 5.74) is 9.66. The number of benzene rings is 1. The Morgan fingerprint density at radius 1 is 1.44 bits per heavy atom. The van der Waals surface area contributed by atoms with Crippen LogP contribution in [0.15, 0.2) is 24.4 Å². The van der Waals surface area contributed by atoms with Crippen LogP contribution in [0.1, 0.15) is 27.2 Å². The largest absolute Gasteiger partial charge is 0.326 e. The number of carbonyl (C=O) groups is 1. The number of nitrogens with two attached hydrogens (primary N) is 1. The number of aromatic nitrogens is 2. The van der Waals surface area contributed by atoms with Crippen LogP contribution in [0.25, 0.3) is 0 Å². The summed E-state index contributed by atoms with van der Waals surface area (Å²) >= 11 is 0. The number of rotatable bonds is 3. The number of anilines is 1. The molecule has 0 aliphatic rings. The van der Waals surface area contributed by atoms with Gasteiger partial charge in [0.1, 0.15) is 0 Å². The number of aryl methyl sites for hydroxylation is 2. The Balaban J connectivity index is 2.24. The third kappa shape index (κ3) is 2.41. The topological polar surface area (TPSA) is 83.8 Å². The fourth-order valence-corrected chi connectivity index (χ4v) is 1.70. The summed E-state index contributed by atoms with van der Waals surface area (Å²) < 4.78 is 0. The fraction of sp³-hybridized carbons (Fsp3) is 0.231. The Hall–Kier alpha value is -2.14. The number of hydrogen-bond acceptors (Lipinski definition) is 3. The van der Waals surface area contributed by atoms with E-state index in [1.807, 2.05) is 32.0 Å². The number of carbonyl (C=O) groups excluding carboxylic acids is 1. The molecule has 94 valence electrons. The third-order valence-corrected chi connectivity index (χ3v) is 2.86. The molecule has 0 unspecified atom stereocenters. The number of amides is 1. The minimum Gasteiger partial charge on any atom is -0.326 e. The number of H-pyrrole nitrogens is 1. The minimum absolute atomic E-state index is 0.168. The van der Waals surface area contributed by atoms with Crippen molar-refractivity contribution in [2.75, 3.05) is 5.32 Å². The average molecular weight is 244 g/mol. The summed E-state index contributed by atoms with van der Waals surface area (Å²) in [6.45, 7) is 4.21. The van der Waals surface area contributed by atoms with Crippen LogP contribution in [0.2, 0.25) is 0 Å². The lowest BCUT2D eigenvalue weighted by Gasteiger charge is -2.09. The van der Waals surface area contributed by atoms with Crippen molar-refractivity contribution >= 4 is 11.6 Å². The summed E-state index contributed by atoms with van der Waals surface area (Å²) in [4.78, 5) is 12.0. The molecule has 0 bridgehead atoms. The predicted molar refractivity (Wildman–Crippen MR) is 70.3 cm³/mol. The van der Waals surface area contributed by atoms with E-state index in [9.17, 15) is 4.79 Å². The maximum absolute atomic E-state index is 12.0. The highest BCUT2D eigenvalue weighted by atomic mass is 16.1. The molecule has 1 amide bonds. The van der Waals surface area contributed by atoms with Gasteiger partial charge in [-0.3, -0.25) is 9.89 Å². The first-order chi connectivity index (χ1) is 8.61. The molecular formula is C13H16N4O. The van der Waals surface area contributed by atoms with Gasteiger partial charge in [0.05, 0.1) is 11.8 Å². The normalized spacial score (nSPS) is 10.4. The van der Waals surface area contributed by atoms with Gasteiger partial charge in [-0.2, -0.15) is 5.10 Å². The van der Waals surface area contributed by atoms with Crippen LogP contribution in [-0.4, -0.2) is 16.1 Å². The van der Waals surface area contributed by atoms with Gasteiger partial charge in [0.25, 0.3) is 5.91 Å². The number of nitrogens with zero attached hydrogens (tertiary/aromatic N) is 1. The molecule has 1 aromatic carbocycles. The van der Waals surface area contributed by atoms with Crippen molar-refractivity contribution in [3.05, 3.63) is 46.8 Å². The molecule has 5 heteroatoms. The molecule has 0 aliphatic carbocycles. The molecule has 0 spiro atoms. The maximum Gasteiger partial charge on any atom is 0.259 e. The van der Waals surface area contributed by atoms with Gasteiger partial charge in [-0.05, 0) is 31.0 Å². The second-order valence-electron chi connectivity index (χ2n) is 4.22. The van der Waals surface area contributed by atoms with Gasteiger partial charge in [0.15, 0.2) is 0 Å². The van der Waals surface area contributed by atoms with Crippen LogP contribution in [0.4, 0.5) is 5.69 Å². The Morgan fingerprint density at radius 3 is 2.83 bits per heavy atom. The van der Waals surface area contributed by atoms with Gasteiger partial charge >= 0.3 is 0 Å². The standard InChI is InChI=1S/C13H16N4O/c1-8-3-4-10(6-14)5-12(8)16-13(18)11-7-15-17-9(11)2/h3-5,7H,6,14H2,1-2H3,(H,15,17)(H,16,18). The monoisotopic (exact) mass is 244 g/mol. The van der Waals surface area contributed by atoms with E-state index in [-0.39, 0.29) is 5.91 Å². The molecule has 5 nitrogen and oxygen atoms in total. The number of hydrogen-bond donors (Lipinski definition) is 3. The molecule has 0 saturated heterocycles. The predicted octanol–water partition coefficient (Wildman–Crippen LogP) is 1.74. The highest BCUT2D eigenvalue weighted by molar-refractivity contribution is 6.05.